The first-order valence-electron chi connectivity index (χ1n) is 5.51. The molecule has 1 aromatic rings. The zero-order chi connectivity index (χ0) is 12.1. The lowest BCUT2D eigenvalue weighted by Gasteiger charge is -2.09. The van der Waals surface area contributed by atoms with Gasteiger partial charge in [0.05, 0.1) is 7.11 Å². The maximum absolute atomic E-state index is 11.7. The summed E-state index contributed by atoms with van der Waals surface area (Å²) in [6, 6.07) is 9.77. The maximum Gasteiger partial charge on any atom is 0.334 e. The second-order valence-electron chi connectivity index (χ2n) is 3.80. The molecule has 0 spiro atoms. The van der Waals surface area contributed by atoms with Gasteiger partial charge in [0.2, 0.25) is 0 Å². The van der Waals surface area contributed by atoms with Gasteiger partial charge < -0.3 is 4.74 Å². The lowest BCUT2D eigenvalue weighted by molar-refractivity contribution is -0.136. The molecule has 0 radical (unpaired) electrons. The van der Waals surface area contributed by atoms with E-state index in [0.29, 0.717) is 5.57 Å². The molecule has 0 bridgehead atoms. The van der Waals surface area contributed by atoms with Crippen LogP contribution in [-0.2, 0) is 9.53 Å². The summed E-state index contributed by atoms with van der Waals surface area (Å²) in [5, 5.41) is 0. The number of carbonyl (C=O) groups excluding carboxylic acids is 1. The number of esters is 1. The standard InChI is InChI=1S/C15H14O2/c1-17-15(16)14(13-9-5-6-10-13)11-12-7-3-2-4-8-12/h2-11,13H,1H3/b14-11-. The van der Waals surface area contributed by atoms with Crippen molar-refractivity contribution in [3.8, 4) is 0 Å². The second kappa shape index (κ2) is 5.30. The zero-order valence-electron chi connectivity index (χ0n) is 9.67. The van der Waals surface area contributed by atoms with Crippen molar-refractivity contribution in [1.82, 2.24) is 0 Å². The summed E-state index contributed by atoms with van der Waals surface area (Å²) >= 11 is 0. The molecule has 1 aliphatic rings. The van der Waals surface area contributed by atoms with Crippen LogP contribution in [0.5, 0.6) is 0 Å². The number of hydrogen-bond acceptors (Lipinski definition) is 2. The fourth-order valence-electron chi connectivity index (χ4n) is 1.78. The Hall–Kier alpha value is -2.09. The predicted octanol–water partition coefficient (Wildman–Crippen LogP) is 2.99. The number of rotatable bonds is 3. The first-order chi connectivity index (χ1) is 8.31. The smallest absolute Gasteiger partial charge is 0.334 e. The van der Waals surface area contributed by atoms with E-state index in [2.05, 4.69) is 0 Å². The molecule has 0 saturated carbocycles. The molecule has 0 heterocycles. The van der Waals surface area contributed by atoms with Gasteiger partial charge in [0.25, 0.3) is 0 Å². The quantitative estimate of drug-likeness (QED) is 0.585. The van der Waals surface area contributed by atoms with E-state index >= 15 is 0 Å². The molecule has 1 aromatic carbocycles. The normalized spacial score (nSPS) is 15.2. The number of benzene rings is 1. The van der Waals surface area contributed by atoms with Crippen molar-refractivity contribution in [2.24, 2.45) is 5.92 Å². The van der Waals surface area contributed by atoms with Crippen LogP contribution in [0.3, 0.4) is 0 Å². The SMILES string of the molecule is COC(=O)/C(=C\c1ccccc1)C1C=CC=C1. The maximum atomic E-state index is 11.7. The van der Waals surface area contributed by atoms with Crippen LogP contribution >= 0.6 is 0 Å². The first-order valence-corrected chi connectivity index (χ1v) is 5.51. The van der Waals surface area contributed by atoms with Crippen molar-refractivity contribution in [2.75, 3.05) is 7.11 Å². The first kappa shape index (κ1) is 11.4. The molecule has 0 unspecified atom stereocenters. The Morgan fingerprint density at radius 3 is 2.41 bits per heavy atom. The molecule has 2 heteroatoms. The molecule has 0 atom stereocenters. The van der Waals surface area contributed by atoms with E-state index < -0.39 is 0 Å². The van der Waals surface area contributed by atoms with Crippen molar-refractivity contribution in [2.45, 2.75) is 0 Å². The van der Waals surface area contributed by atoms with Crippen LogP contribution in [0.2, 0.25) is 0 Å². The van der Waals surface area contributed by atoms with Crippen LogP contribution in [0.15, 0.2) is 60.2 Å². The zero-order valence-corrected chi connectivity index (χ0v) is 9.67. The molecule has 86 valence electrons. The molecule has 0 saturated heterocycles. The van der Waals surface area contributed by atoms with Crippen LogP contribution in [0, 0.1) is 5.92 Å². The molecular weight excluding hydrogens is 212 g/mol. The summed E-state index contributed by atoms with van der Waals surface area (Å²) in [6.07, 6.45) is 9.70. The van der Waals surface area contributed by atoms with E-state index in [9.17, 15) is 4.79 Å². The number of methoxy groups -OCH3 is 1. The van der Waals surface area contributed by atoms with Crippen molar-refractivity contribution in [1.29, 1.82) is 0 Å². The van der Waals surface area contributed by atoms with Gasteiger partial charge in [-0.05, 0) is 11.6 Å². The average Bonchev–Trinajstić information content (AvgIpc) is 2.90. The minimum Gasteiger partial charge on any atom is -0.466 e. The van der Waals surface area contributed by atoms with Gasteiger partial charge in [0.15, 0.2) is 0 Å². The molecular formula is C15H14O2. The molecule has 0 fully saturated rings. The monoisotopic (exact) mass is 226 g/mol. The fraction of sp³-hybridized carbons (Fsp3) is 0.133. The summed E-state index contributed by atoms with van der Waals surface area (Å²) in [5.41, 5.74) is 1.66. The van der Waals surface area contributed by atoms with E-state index in [0.717, 1.165) is 5.56 Å². The number of hydrogen-bond donors (Lipinski definition) is 0. The third kappa shape index (κ3) is 2.72. The van der Waals surface area contributed by atoms with Gasteiger partial charge in [0, 0.05) is 11.5 Å². The van der Waals surface area contributed by atoms with E-state index in [1.54, 1.807) is 0 Å². The lowest BCUT2D eigenvalue weighted by atomic mass is 9.98. The van der Waals surface area contributed by atoms with Crippen molar-refractivity contribution in [3.63, 3.8) is 0 Å². The average molecular weight is 226 g/mol. The van der Waals surface area contributed by atoms with Gasteiger partial charge in [-0.1, -0.05) is 54.6 Å². The Bertz CT molecular complexity index is 469. The summed E-state index contributed by atoms with van der Waals surface area (Å²) in [5.74, 6) is -0.266. The molecule has 17 heavy (non-hydrogen) atoms. The van der Waals surface area contributed by atoms with Gasteiger partial charge in [-0.3, -0.25) is 0 Å². The summed E-state index contributed by atoms with van der Waals surface area (Å²) in [7, 11) is 1.41. The summed E-state index contributed by atoms with van der Waals surface area (Å²) in [6.45, 7) is 0. The van der Waals surface area contributed by atoms with Crippen molar-refractivity contribution < 1.29 is 9.53 Å². The van der Waals surface area contributed by atoms with Gasteiger partial charge in [-0.25, -0.2) is 4.79 Å². The fourth-order valence-corrected chi connectivity index (χ4v) is 1.78. The van der Waals surface area contributed by atoms with Gasteiger partial charge in [-0.2, -0.15) is 0 Å². The molecule has 0 aromatic heterocycles. The van der Waals surface area contributed by atoms with Crippen LogP contribution in [0.1, 0.15) is 5.56 Å². The Labute approximate surface area is 101 Å². The molecule has 0 aliphatic heterocycles. The highest BCUT2D eigenvalue weighted by molar-refractivity contribution is 5.95. The molecule has 2 rings (SSSR count). The summed E-state index contributed by atoms with van der Waals surface area (Å²) < 4.78 is 4.82. The van der Waals surface area contributed by atoms with E-state index in [1.807, 2.05) is 60.7 Å². The van der Waals surface area contributed by atoms with Crippen molar-refractivity contribution >= 4 is 12.0 Å². The highest BCUT2D eigenvalue weighted by Gasteiger charge is 2.18. The molecule has 1 aliphatic carbocycles. The number of ether oxygens (including phenoxy) is 1. The Balaban J connectivity index is 2.33. The van der Waals surface area contributed by atoms with Crippen molar-refractivity contribution in [3.05, 3.63) is 65.8 Å². The highest BCUT2D eigenvalue weighted by atomic mass is 16.5. The molecule has 0 amide bonds. The highest BCUT2D eigenvalue weighted by Crippen LogP contribution is 2.22. The molecule has 2 nitrogen and oxygen atoms in total. The minimum atomic E-state index is -0.282. The number of carbonyl (C=O) groups is 1. The lowest BCUT2D eigenvalue weighted by Crippen LogP contribution is -2.10. The topological polar surface area (TPSA) is 26.3 Å². The second-order valence-corrected chi connectivity index (χ2v) is 3.80. The van der Waals surface area contributed by atoms with Crippen LogP contribution < -0.4 is 0 Å². The van der Waals surface area contributed by atoms with E-state index in [4.69, 9.17) is 4.74 Å². The van der Waals surface area contributed by atoms with Crippen LogP contribution in [-0.4, -0.2) is 13.1 Å². The largest absolute Gasteiger partial charge is 0.466 e. The Morgan fingerprint density at radius 2 is 1.82 bits per heavy atom. The van der Waals surface area contributed by atoms with Gasteiger partial charge in [0.1, 0.15) is 0 Å². The third-order valence-electron chi connectivity index (χ3n) is 2.65. The van der Waals surface area contributed by atoms with Crippen LogP contribution in [0.4, 0.5) is 0 Å². The Kier molecular flexibility index (Phi) is 3.55. The Morgan fingerprint density at radius 1 is 1.18 bits per heavy atom. The van der Waals surface area contributed by atoms with E-state index in [1.165, 1.54) is 7.11 Å². The van der Waals surface area contributed by atoms with E-state index in [-0.39, 0.29) is 11.9 Å². The number of allylic oxidation sites excluding steroid dienone is 4. The minimum absolute atomic E-state index is 0.0163. The van der Waals surface area contributed by atoms with Gasteiger partial charge >= 0.3 is 5.97 Å². The molecule has 0 N–H and O–H groups in total. The third-order valence-corrected chi connectivity index (χ3v) is 2.65. The summed E-state index contributed by atoms with van der Waals surface area (Å²) in [4.78, 5) is 11.7. The predicted molar refractivity (Wildman–Crippen MR) is 68.2 cm³/mol. The van der Waals surface area contributed by atoms with Gasteiger partial charge in [-0.15, -0.1) is 0 Å². The van der Waals surface area contributed by atoms with Crippen LogP contribution in [0.25, 0.3) is 6.08 Å².